The van der Waals surface area contributed by atoms with Crippen LogP contribution in [0.4, 0.5) is 0 Å². The number of hydrogen-bond donors (Lipinski definition) is 2. The van der Waals surface area contributed by atoms with E-state index in [-0.39, 0.29) is 12.6 Å². The molecule has 1 fully saturated rings. The highest BCUT2D eigenvalue weighted by Crippen LogP contribution is 2.24. The second-order valence-electron chi connectivity index (χ2n) is 5.80. The Hall–Kier alpha value is -1.78. The lowest BCUT2D eigenvalue weighted by atomic mass is 10.1. The van der Waals surface area contributed by atoms with Crippen LogP contribution in [0.5, 0.6) is 5.75 Å². The maximum absolute atomic E-state index is 9.47. The van der Waals surface area contributed by atoms with E-state index in [0.717, 1.165) is 29.9 Å². The van der Waals surface area contributed by atoms with Gasteiger partial charge >= 0.3 is 0 Å². The Labute approximate surface area is 131 Å². The van der Waals surface area contributed by atoms with Gasteiger partial charge in [0, 0.05) is 6.54 Å². The van der Waals surface area contributed by atoms with E-state index in [9.17, 15) is 5.11 Å². The van der Waals surface area contributed by atoms with Crippen molar-refractivity contribution >= 4 is 0 Å². The predicted octanol–water partition coefficient (Wildman–Crippen LogP) is 3.42. The summed E-state index contributed by atoms with van der Waals surface area (Å²) >= 11 is 0. The van der Waals surface area contributed by atoms with Crippen molar-refractivity contribution in [3.63, 3.8) is 0 Å². The van der Waals surface area contributed by atoms with Crippen molar-refractivity contribution in [3.8, 4) is 5.75 Å². The van der Waals surface area contributed by atoms with Gasteiger partial charge in [-0.3, -0.25) is 0 Å². The molecule has 1 aromatic heterocycles. The molecule has 2 aromatic rings. The van der Waals surface area contributed by atoms with Crippen LogP contribution < -0.4 is 10.1 Å². The highest BCUT2D eigenvalue weighted by atomic mass is 16.5. The third-order valence-corrected chi connectivity index (χ3v) is 4.13. The second-order valence-corrected chi connectivity index (χ2v) is 5.80. The molecule has 1 aliphatic rings. The summed E-state index contributed by atoms with van der Waals surface area (Å²) in [6.07, 6.45) is 6.86. The maximum Gasteiger partial charge on any atom is 0.123 e. The SMILES string of the molecule is OCC(NCc1cccc(OC2CCCC2)c1)c1ccco1. The third-order valence-electron chi connectivity index (χ3n) is 4.13. The van der Waals surface area contributed by atoms with Gasteiger partial charge in [0.25, 0.3) is 0 Å². The van der Waals surface area contributed by atoms with Crippen LogP contribution in [0.3, 0.4) is 0 Å². The summed E-state index contributed by atoms with van der Waals surface area (Å²) in [7, 11) is 0. The van der Waals surface area contributed by atoms with Gasteiger partial charge in [0.15, 0.2) is 0 Å². The average Bonchev–Trinajstić information content (AvgIpc) is 3.22. The van der Waals surface area contributed by atoms with E-state index in [1.807, 2.05) is 24.3 Å². The molecule has 0 radical (unpaired) electrons. The van der Waals surface area contributed by atoms with Crippen LogP contribution in [0.25, 0.3) is 0 Å². The van der Waals surface area contributed by atoms with Gasteiger partial charge in [-0.05, 0) is 55.5 Å². The van der Waals surface area contributed by atoms with Crippen LogP contribution in [0.2, 0.25) is 0 Å². The summed E-state index contributed by atoms with van der Waals surface area (Å²) in [5, 5.41) is 12.8. The molecule has 1 saturated carbocycles. The Morgan fingerprint density at radius 2 is 2.09 bits per heavy atom. The summed E-state index contributed by atoms with van der Waals surface area (Å²) in [5.41, 5.74) is 1.14. The topological polar surface area (TPSA) is 54.6 Å². The van der Waals surface area contributed by atoms with Crippen LogP contribution in [0.15, 0.2) is 47.1 Å². The van der Waals surface area contributed by atoms with E-state index in [0.29, 0.717) is 12.6 Å². The Morgan fingerprint density at radius 1 is 1.23 bits per heavy atom. The zero-order valence-corrected chi connectivity index (χ0v) is 12.7. The van der Waals surface area contributed by atoms with Gasteiger partial charge in [-0.2, -0.15) is 0 Å². The summed E-state index contributed by atoms with van der Waals surface area (Å²) in [4.78, 5) is 0. The Balaban J connectivity index is 1.57. The van der Waals surface area contributed by atoms with Crippen LogP contribution >= 0.6 is 0 Å². The van der Waals surface area contributed by atoms with Crippen molar-refractivity contribution in [2.24, 2.45) is 0 Å². The van der Waals surface area contributed by atoms with Crippen molar-refractivity contribution in [1.29, 1.82) is 0 Å². The molecule has 1 heterocycles. The third kappa shape index (κ3) is 3.90. The molecule has 118 valence electrons. The molecule has 0 spiro atoms. The molecular formula is C18H23NO3. The first-order valence-electron chi connectivity index (χ1n) is 7.98. The fourth-order valence-corrected chi connectivity index (χ4v) is 2.91. The fourth-order valence-electron chi connectivity index (χ4n) is 2.91. The number of aliphatic hydroxyl groups excluding tert-OH is 1. The molecule has 0 saturated heterocycles. The highest BCUT2D eigenvalue weighted by Gasteiger charge is 2.17. The van der Waals surface area contributed by atoms with Crippen molar-refractivity contribution < 1.29 is 14.3 Å². The molecule has 0 amide bonds. The molecule has 3 rings (SSSR count). The number of benzene rings is 1. The fraction of sp³-hybridized carbons (Fsp3) is 0.444. The molecule has 4 heteroatoms. The second kappa shape index (κ2) is 7.47. The van der Waals surface area contributed by atoms with E-state index >= 15 is 0 Å². The van der Waals surface area contributed by atoms with Crippen LogP contribution in [0.1, 0.15) is 43.0 Å². The molecule has 1 unspecified atom stereocenters. The first-order valence-corrected chi connectivity index (χ1v) is 7.98. The standard InChI is InChI=1S/C18H23NO3/c20-13-17(18-9-4-10-21-18)19-12-14-5-3-8-16(11-14)22-15-6-1-2-7-15/h3-5,8-11,15,17,19-20H,1-2,6-7,12-13H2. The number of furan rings is 1. The minimum Gasteiger partial charge on any atom is -0.490 e. The van der Waals surface area contributed by atoms with E-state index < -0.39 is 0 Å². The zero-order valence-electron chi connectivity index (χ0n) is 12.7. The number of hydrogen-bond acceptors (Lipinski definition) is 4. The number of ether oxygens (including phenoxy) is 1. The minimum absolute atomic E-state index is 0.00573. The number of nitrogens with one attached hydrogen (secondary N) is 1. The Morgan fingerprint density at radius 3 is 2.82 bits per heavy atom. The maximum atomic E-state index is 9.47. The quantitative estimate of drug-likeness (QED) is 0.822. The van der Waals surface area contributed by atoms with E-state index in [1.54, 1.807) is 6.26 Å². The smallest absolute Gasteiger partial charge is 0.123 e. The predicted molar refractivity (Wildman–Crippen MR) is 84.7 cm³/mol. The average molecular weight is 301 g/mol. The molecule has 0 bridgehead atoms. The lowest BCUT2D eigenvalue weighted by molar-refractivity contribution is 0.209. The lowest BCUT2D eigenvalue weighted by Gasteiger charge is -2.16. The lowest BCUT2D eigenvalue weighted by Crippen LogP contribution is -2.23. The van der Waals surface area contributed by atoms with Gasteiger partial charge in [0.05, 0.1) is 25.0 Å². The number of aliphatic hydroxyl groups is 1. The normalized spacial score (nSPS) is 16.8. The van der Waals surface area contributed by atoms with E-state index in [1.165, 1.54) is 12.8 Å². The Bertz CT molecular complexity index is 561. The van der Waals surface area contributed by atoms with Crippen molar-refractivity contribution in [1.82, 2.24) is 5.32 Å². The molecule has 0 aliphatic heterocycles. The van der Waals surface area contributed by atoms with Gasteiger partial charge in [-0.1, -0.05) is 12.1 Å². The van der Waals surface area contributed by atoms with E-state index in [2.05, 4.69) is 17.4 Å². The molecule has 1 aliphatic carbocycles. The Kier molecular flexibility index (Phi) is 5.14. The van der Waals surface area contributed by atoms with Crippen LogP contribution in [0, 0.1) is 0 Å². The molecule has 2 N–H and O–H groups in total. The largest absolute Gasteiger partial charge is 0.490 e. The minimum atomic E-state index is -0.186. The van der Waals surface area contributed by atoms with Gasteiger partial charge in [-0.15, -0.1) is 0 Å². The summed E-state index contributed by atoms with van der Waals surface area (Å²) in [5.74, 6) is 1.69. The van der Waals surface area contributed by atoms with Crippen LogP contribution in [-0.4, -0.2) is 17.8 Å². The van der Waals surface area contributed by atoms with Gasteiger partial charge in [-0.25, -0.2) is 0 Å². The number of rotatable bonds is 7. The molecule has 4 nitrogen and oxygen atoms in total. The van der Waals surface area contributed by atoms with Crippen LogP contribution in [-0.2, 0) is 6.54 Å². The zero-order chi connectivity index (χ0) is 15.2. The first-order chi connectivity index (χ1) is 10.8. The van der Waals surface area contributed by atoms with Gasteiger partial charge < -0.3 is 19.6 Å². The van der Waals surface area contributed by atoms with E-state index in [4.69, 9.17) is 9.15 Å². The molecule has 1 atom stereocenters. The van der Waals surface area contributed by atoms with Gasteiger partial charge in [0.1, 0.15) is 11.5 Å². The summed E-state index contributed by atoms with van der Waals surface area (Å²) in [6.45, 7) is 0.666. The molecule has 1 aromatic carbocycles. The molecular weight excluding hydrogens is 278 g/mol. The van der Waals surface area contributed by atoms with Crippen molar-refractivity contribution in [2.45, 2.75) is 44.4 Å². The highest BCUT2D eigenvalue weighted by molar-refractivity contribution is 5.29. The first kappa shape index (κ1) is 15.1. The monoisotopic (exact) mass is 301 g/mol. The van der Waals surface area contributed by atoms with Crippen molar-refractivity contribution in [3.05, 3.63) is 54.0 Å². The van der Waals surface area contributed by atoms with Crippen molar-refractivity contribution in [2.75, 3.05) is 6.61 Å². The molecule has 22 heavy (non-hydrogen) atoms. The van der Waals surface area contributed by atoms with Gasteiger partial charge in [0.2, 0.25) is 0 Å². The summed E-state index contributed by atoms with van der Waals surface area (Å²) in [6, 6.07) is 11.7. The summed E-state index contributed by atoms with van der Waals surface area (Å²) < 4.78 is 11.4.